The molecule has 2 aromatic carbocycles. The molecule has 1 unspecified atom stereocenters. The number of thiazole rings is 1. The van der Waals surface area contributed by atoms with Crippen molar-refractivity contribution in [3.05, 3.63) is 65.2 Å². The summed E-state index contributed by atoms with van der Waals surface area (Å²) >= 11 is 1.58. The number of hydrogen-bond donors (Lipinski definition) is 1. The zero-order valence-corrected chi connectivity index (χ0v) is 15.1. The first kappa shape index (κ1) is 16.6. The van der Waals surface area contributed by atoms with E-state index in [1.807, 2.05) is 35.7 Å². The van der Waals surface area contributed by atoms with Gasteiger partial charge in [-0.25, -0.2) is 4.98 Å². The van der Waals surface area contributed by atoms with E-state index >= 15 is 0 Å². The lowest BCUT2D eigenvalue weighted by molar-refractivity contribution is -0.130. The summed E-state index contributed by atoms with van der Waals surface area (Å²) in [7, 11) is 0. The van der Waals surface area contributed by atoms with Crippen LogP contribution >= 0.6 is 11.3 Å². The van der Waals surface area contributed by atoms with Crippen LogP contribution in [0.2, 0.25) is 0 Å². The molecule has 0 saturated heterocycles. The Labute approximate surface area is 155 Å². The fraction of sp³-hybridized carbons (Fsp3) is 0.200. The summed E-state index contributed by atoms with van der Waals surface area (Å²) in [5.74, 6) is 1.05. The van der Waals surface area contributed by atoms with Crippen molar-refractivity contribution in [2.24, 2.45) is 0 Å². The quantitative estimate of drug-likeness (QED) is 0.767. The Morgan fingerprint density at radius 3 is 2.81 bits per heavy atom. The van der Waals surface area contributed by atoms with E-state index in [0.717, 1.165) is 16.3 Å². The molecule has 0 bridgehead atoms. The zero-order chi connectivity index (χ0) is 17.9. The number of hydrogen-bond acceptors (Lipinski definition) is 5. The number of aromatic nitrogens is 1. The van der Waals surface area contributed by atoms with E-state index in [4.69, 9.17) is 9.47 Å². The fourth-order valence-electron chi connectivity index (χ4n) is 2.76. The van der Waals surface area contributed by atoms with Gasteiger partial charge in [0.25, 0.3) is 5.91 Å². The van der Waals surface area contributed by atoms with Crippen molar-refractivity contribution in [1.29, 1.82) is 0 Å². The van der Waals surface area contributed by atoms with E-state index in [9.17, 15) is 4.79 Å². The van der Waals surface area contributed by atoms with Crippen molar-refractivity contribution in [3.8, 4) is 22.1 Å². The number of amides is 1. The van der Waals surface area contributed by atoms with Crippen molar-refractivity contribution < 1.29 is 14.3 Å². The summed E-state index contributed by atoms with van der Waals surface area (Å²) in [6.07, 6.45) is -0.653. The van der Waals surface area contributed by atoms with Crippen molar-refractivity contribution >= 4 is 17.2 Å². The highest BCUT2D eigenvalue weighted by molar-refractivity contribution is 7.13. The number of benzene rings is 2. The van der Waals surface area contributed by atoms with Crippen LogP contribution in [-0.2, 0) is 11.3 Å². The lowest BCUT2D eigenvalue weighted by Gasteiger charge is -2.25. The molecule has 2 heterocycles. The average molecular weight is 366 g/mol. The molecule has 5 nitrogen and oxygen atoms in total. The topological polar surface area (TPSA) is 60.5 Å². The van der Waals surface area contributed by atoms with Crippen molar-refractivity contribution in [2.75, 3.05) is 6.61 Å². The summed E-state index contributed by atoms with van der Waals surface area (Å²) in [4.78, 5) is 17.0. The first-order chi connectivity index (χ1) is 12.7. The van der Waals surface area contributed by atoms with Crippen LogP contribution < -0.4 is 14.8 Å². The highest BCUT2D eigenvalue weighted by Crippen LogP contribution is 2.31. The van der Waals surface area contributed by atoms with Gasteiger partial charge in [-0.15, -0.1) is 11.3 Å². The summed E-state index contributed by atoms with van der Waals surface area (Å²) in [6, 6.07) is 15.5. The molecule has 0 saturated carbocycles. The van der Waals surface area contributed by atoms with E-state index in [1.165, 1.54) is 5.56 Å². The van der Waals surface area contributed by atoms with Crippen molar-refractivity contribution in [2.45, 2.75) is 19.6 Å². The van der Waals surface area contributed by atoms with Gasteiger partial charge >= 0.3 is 0 Å². The standard InChI is InChI=1S/C20H18N2O3S/c1-13-6-2-3-7-15(13)20-22-14(12-26-20)10-21-19(23)18-11-24-16-8-4-5-9-17(16)25-18/h2-9,12,18H,10-11H2,1H3,(H,21,23). The van der Waals surface area contributed by atoms with Crippen LogP contribution in [0, 0.1) is 6.92 Å². The van der Waals surface area contributed by atoms with Crippen LogP contribution in [0.25, 0.3) is 10.6 Å². The molecule has 0 radical (unpaired) electrons. The Hall–Kier alpha value is -2.86. The Balaban J connectivity index is 1.38. The monoisotopic (exact) mass is 366 g/mol. The van der Waals surface area contributed by atoms with Gasteiger partial charge in [-0.1, -0.05) is 36.4 Å². The van der Waals surface area contributed by atoms with Crippen LogP contribution in [0.1, 0.15) is 11.3 Å². The second-order valence-electron chi connectivity index (χ2n) is 6.04. The number of ether oxygens (including phenoxy) is 2. The van der Waals surface area contributed by atoms with E-state index < -0.39 is 6.10 Å². The molecular weight excluding hydrogens is 348 g/mol. The van der Waals surface area contributed by atoms with Gasteiger partial charge in [0.2, 0.25) is 6.10 Å². The number of rotatable bonds is 4. The smallest absolute Gasteiger partial charge is 0.265 e. The van der Waals surface area contributed by atoms with Gasteiger partial charge in [-0.2, -0.15) is 0 Å². The molecule has 132 valence electrons. The minimum absolute atomic E-state index is 0.203. The number of nitrogens with zero attached hydrogens (tertiary/aromatic N) is 1. The second-order valence-corrected chi connectivity index (χ2v) is 6.90. The molecule has 0 spiro atoms. The first-order valence-electron chi connectivity index (χ1n) is 8.37. The van der Waals surface area contributed by atoms with Crippen LogP contribution in [0.3, 0.4) is 0 Å². The minimum atomic E-state index is -0.653. The molecule has 1 atom stereocenters. The van der Waals surface area contributed by atoms with Crippen LogP contribution in [0.4, 0.5) is 0 Å². The maximum absolute atomic E-state index is 12.4. The Bertz CT molecular complexity index is 938. The molecule has 1 aliphatic heterocycles. The molecule has 26 heavy (non-hydrogen) atoms. The van der Waals surface area contributed by atoms with E-state index in [1.54, 1.807) is 17.4 Å². The average Bonchev–Trinajstić information content (AvgIpc) is 3.15. The molecule has 1 aliphatic rings. The summed E-state index contributed by atoms with van der Waals surface area (Å²) in [5, 5.41) is 5.80. The highest BCUT2D eigenvalue weighted by Gasteiger charge is 2.27. The normalized spacial score (nSPS) is 15.5. The predicted molar refractivity (Wildman–Crippen MR) is 100 cm³/mol. The Morgan fingerprint density at radius 2 is 1.96 bits per heavy atom. The molecule has 6 heteroatoms. The molecule has 4 rings (SSSR count). The SMILES string of the molecule is Cc1ccccc1-c1nc(CNC(=O)C2COc3ccccc3O2)cs1. The lowest BCUT2D eigenvalue weighted by atomic mass is 10.1. The Kier molecular flexibility index (Phi) is 4.58. The predicted octanol–water partition coefficient (Wildman–Crippen LogP) is 3.57. The van der Waals surface area contributed by atoms with E-state index in [2.05, 4.69) is 29.4 Å². The molecule has 0 fully saturated rings. The highest BCUT2D eigenvalue weighted by atomic mass is 32.1. The zero-order valence-electron chi connectivity index (χ0n) is 14.3. The maximum Gasteiger partial charge on any atom is 0.265 e. The van der Waals surface area contributed by atoms with Gasteiger partial charge in [0.1, 0.15) is 11.6 Å². The van der Waals surface area contributed by atoms with Crippen LogP contribution in [-0.4, -0.2) is 23.6 Å². The van der Waals surface area contributed by atoms with Gasteiger partial charge in [0.05, 0.1) is 12.2 Å². The molecule has 1 aromatic heterocycles. The lowest BCUT2D eigenvalue weighted by Crippen LogP contribution is -2.43. The second kappa shape index (κ2) is 7.17. The van der Waals surface area contributed by atoms with Gasteiger partial charge in [-0.3, -0.25) is 4.79 Å². The molecule has 1 N–H and O–H groups in total. The summed E-state index contributed by atoms with van der Waals surface area (Å²) < 4.78 is 11.3. The number of fused-ring (bicyclic) bond motifs is 1. The van der Waals surface area contributed by atoms with Gasteiger partial charge in [0, 0.05) is 10.9 Å². The largest absolute Gasteiger partial charge is 0.485 e. The van der Waals surface area contributed by atoms with E-state index in [-0.39, 0.29) is 12.5 Å². The number of carbonyl (C=O) groups is 1. The number of aryl methyl sites for hydroxylation is 1. The third kappa shape index (κ3) is 3.41. The van der Waals surface area contributed by atoms with Gasteiger partial charge in [-0.05, 0) is 24.6 Å². The minimum Gasteiger partial charge on any atom is -0.485 e. The third-order valence-corrected chi connectivity index (χ3v) is 5.10. The maximum atomic E-state index is 12.4. The van der Waals surface area contributed by atoms with Crippen LogP contribution in [0.5, 0.6) is 11.5 Å². The van der Waals surface area contributed by atoms with Gasteiger partial charge < -0.3 is 14.8 Å². The van der Waals surface area contributed by atoms with Crippen LogP contribution in [0.15, 0.2) is 53.9 Å². The molecular formula is C20H18N2O3S. The number of para-hydroxylation sites is 2. The Morgan fingerprint density at radius 1 is 1.19 bits per heavy atom. The van der Waals surface area contributed by atoms with Crippen molar-refractivity contribution in [1.82, 2.24) is 10.3 Å². The molecule has 1 amide bonds. The van der Waals surface area contributed by atoms with Crippen molar-refractivity contribution in [3.63, 3.8) is 0 Å². The van der Waals surface area contributed by atoms with Gasteiger partial charge in [0.15, 0.2) is 11.5 Å². The third-order valence-electron chi connectivity index (χ3n) is 4.17. The van der Waals surface area contributed by atoms with E-state index in [0.29, 0.717) is 18.0 Å². The molecule has 3 aromatic rings. The first-order valence-corrected chi connectivity index (χ1v) is 9.25. The fourth-order valence-corrected chi connectivity index (χ4v) is 3.67. The molecule has 0 aliphatic carbocycles. The summed E-state index contributed by atoms with van der Waals surface area (Å²) in [6.45, 7) is 2.63. The number of carbonyl (C=O) groups excluding carboxylic acids is 1. The summed E-state index contributed by atoms with van der Waals surface area (Å²) in [5.41, 5.74) is 3.14. The number of nitrogens with one attached hydrogen (secondary N) is 1.